The first-order chi connectivity index (χ1) is 14.4. The van der Waals surface area contributed by atoms with E-state index in [0.29, 0.717) is 17.1 Å². The van der Waals surface area contributed by atoms with E-state index in [2.05, 4.69) is 5.32 Å². The minimum absolute atomic E-state index is 0.243. The molecule has 0 aliphatic carbocycles. The molecule has 1 heterocycles. The van der Waals surface area contributed by atoms with Crippen LogP contribution < -0.4 is 15.1 Å². The molecule has 152 valence electrons. The van der Waals surface area contributed by atoms with E-state index < -0.39 is 0 Å². The summed E-state index contributed by atoms with van der Waals surface area (Å²) < 4.78 is 26.7. The Balaban J connectivity index is 1.71. The van der Waals surface area contributed by atoms with Gasteiger partial charge in [-0.05, 0) is 72.3 Å². The lowest BCUT2D eigenvalue weighted by Gasteiger charge is -2.26. The number of hydrogen-bond acceptors (Lipinski definition) is 3. The number of carbonyl (C=O) groups excluding carboxylic acids is 1. The largest absolute Gasteiger partial charge is 0.378 e. The maximum absolute atomic E-state index is 13.4. The lowest BCUT2D eigenvalue weighted by molar-refractivity contribution is -0.114. The first-order valence-corrected chi connectivity index (χ1v) is 9.53. The summed E-state index contributed by atoms with van der Waals surface area (Å²) in [4.78, 5) is 16.9. The van der Waals surface area contributed by atoms with Gasteiger partial charge in [0, 0.05) is 31.2 Å². The van der Waals surface area contributed by atoms with Crippen LogP contribution in [-0.4, -0.2) is 20.0 Å². The highest BCUT2D eigenvalue weighted by molar-refractivity contribution is 6.11. The Kier molecular flexibility index (Phi) is 5.23. The molecule has 4 rings (SSSR count). The summed E-state index contributed by atoms with van der Waals surface area (Å²) in [5.74, 6) is -0.957. The first-order valence-electron chi connectivity index (χ1n) is 9.53. The third-order valence-corrected chi connectivity index (χ3v) is 5.03. The average molecular weight is 405 g/mol. The van der Waals surface area contributed by atoms with Gasteiger partial charge in [0.05, 0.1) is 6.04 Å². The second-order valence-electron chi connectivity index (χ2n) is 7.29. The number of halogens is 2. The van der Waals surface area contributed by atoms with E-state index in [1.165, 1.54) is 24.3 Å². The van der Waals surface area contributed by atoms with E-state index in [1.54, 1.807) is 29.2 Å². The summed E-state index contributed by atoms with van der Waals surface area (Å²) in [6, 6.07) is 19.2. The van der Waals surface area contributed by atoms with Crippen molar-refractivity contribution in [2.24, 2.45) is 0 Å². The Hall–Kier alpha value is -3.67. The maximum Gasteiger partial charge on any atom is 0.275 e. The van der Waals surface area contributed by atoms with Crippen LogP contribution in [-0.2, 0) is 4.79 Å². The minimum Gasteiger partial charge on any atom is -0.378 e. The summed E-state index contributed by atoms with van der Waals surface area (Å²) in [5, 5.41) is 3.08. The molecule has 30 heavy (non-hydrogen) atoms. The Morgan fingerprint density at radius 2 is 1.40 bits per heavy atom. The highest BCUT2D eigenvalue weighted by atomic mass is 19.1. The standard InChI is InChI=1S/C24H21F2N3O/c1-28(2)20-11-3-16(4-12-20)23-15-22(27-19-9-5-17(25)6-10-19)24(30)29(23)21-13-7-18(26)8-14-21/h3-15,23,27H,1-2H3. The fourth-order valence-electron chi connectivity index (χ4n) is 3.44. The third-order valence-electron chi connectivity index (χ3n) is 5.03. The van der Waals surface area contributed by atoms with Crippen molar-refractivity contribution in [3.05, 3.63) is 102 Å². The van der Waals surface area contributed by atoms with Crippen LogP contribution in [0.15, 0.2) is 84.6 Å². The van der Waals surface area contributed by atoms with Crippen molar-refractivity contribution in [3.63, 3.8) is 0 Å². The monoisotopic (exact) mass is 405 g/mol. The summed E-state index contributed by atoms with van der Waals surface area (Å²) in [5.41, 5.74) is 3.56. The van der Waals surface area contributed by atoms with Gasteiger partial charge in [-0.1, -0.05) is 12.1 Å². The van der Waals surface area contributed by atoms with Gasteiger partial charge in [-0.25, -0.2) is 8.78 Å². The molecule has 0 saturated carbocycles. The number of carbonyl (C=O) groups is 1. The van der Waals surface area contributed by atoms with Crippen LogP contribution in [0, 0.1) is 11.6 Å². The average Bonchev–Trinajstić information content (AvgIpc) is 3.06. The summed E-state index contributed by atoms with van der Waals surface area (Å²) in [6.07, 6.45) is 1.83. The molecule has 1 N–H and O–H groups in total. The van der Waals surface area contributed by atoms with E-state index in [4.69, 9.17) is 0 Å². The van der Waals surface area contributed by atoms with Crippen LogP contribution in [0.3, 0.4) is 0 Å². The predicted molar refractivity (Wildman–Crippen MR) is 116 cm³/mol. The zero-order valence-electron chi connectivity index (χ0n) is 16.6. The van der Waals surface area contributed by atoms with Crippen LogP contribution >= 0.6 is 0 Å². The molecule has 6 heteroatoms. The van der Waals surface area contributed by atoms with E-state index >= 15 is 0 Å². The van der Waals surface area contributed by atoms with Gasteiger partial charge in [0.1, 0.15) is 17.3 Å². The lowest BCUT2D eigenvalue weighted by atomic mass is 10.1. The van der Waals surface area contributed by atoms with Crippen LogP contribution in [0.25, 0.3) is 0 Å². The molecule has 1 amide bonds. The molecule has 3 aromatic carbocycles. The van der Waals surface area contributed by atoms with Crippen molar-refractivity contribution in [2.75, 3.05) is 29.2 Å². The maximum atomic E-state index is 13.4. The van der Waals surface area contributed by atoms with E-state index in [-0.39, 0.29) is 23.6 Å². The number of nitrogens with one attached hydrogen (secondary N) is 1. The van der Waals surface area contributed by atoms with Crippen LogP contribution in [0.5, 0.6) is 0 Å². The van der Waals surface area contributed by atoms with Crippen LogP contribution in [0.2, 0.25) is 0 Å². The Labute approximate surface area is 174 Å². The van der Waals surface area contributed by atoms with E-state index in [1.807, 2.05) is 49.3 Å². The zero-order valence-corrected chi connectivity index (χ0v) is 16.6. The van der Waals surface area contributed by atoms with Crippen LogP contribution in [0.1, 0.15) is 11.6 Å². The molecule has 4 nitrogen and oxygen atoms in total. The number of nitrogens with zero attached hydrogens (tertiary/aromatic N) is 2. The molecule has 0 bridgehead atoms. The van der Waals surface area contributed by atoms with Gasteiger partial charge in [-0.2, -0.15) is 0 Å². The molecule has 1 atom stereocenters. The Morgan fingerprint density at radius 1 is 0.833 bits per heavy atom. The molecule has 0 saturated heterocycles. The van der Waals surface area contributed by atoms with Crippen molar-refractivity contribution in [1.82, 2.24) is 0 Å². The molecule has 3 aromatic rings. The molecule has 0 spiro atoms. The number of amides is 1. The molecular formula is C24H21F2N3O. The Bertz CT molecular complexity index is 1070. The van der Waals surface area contributed by atoms with Gasteiger partial charge in [0.2, 0.25) is 0 Å². The fourth-order valence-corrected chi connectivity index (χ4v) is 3.44. The molecule has 0 aromatic heterocycles. The number of hydrogen-bond donors (Lipinski definition) is 1. The van der Waals surface area contributed by atoms with Gasteiger partial charge in [-0.15, -0.1) is 0 Å². The van der Waals surface area contributed by atoms with Crippen molar-refractivity contribution >= 4 is 23.0 Å². The highest BCUT2D eigenvalue weighted by Crippen LogP contribution is 2.36. The van der Waals surface area contributed by atoms with Crippen molar-refractivity contribution < 1.29 is 13.6 Å². The second-order valence-corrected chi connectivity index (χ2v) is 7.29. The van der Waals surface area contributed by atoms with Gasteiger partial charge >= 0.3 is 0 Å². The smallest absolute Gasteiger partial charge is 0.275 e. The quantitative estimate of drug-likeness (QED) is 0.640. The first kappa shape index (κ1) is 19.6. The predicted octanol–water partition coefficient (Wildman–Crippen LogP) is 5.11. The number of rotatable bonds is 5. The van der Waals surface area contributed by atoms with Crippen molar-refractivity contribution in [3.8, 4) is 0 Å². The zero-order chi connectivity index (χ0) is 21.3. The number of benzene rings is 3. The molecule has 1 unspecified atom stereocenters. The molecule has 0 fully saturated rings. The summed E-state index contributed by atoms with van der Waals surface area (Å²) in [7, 11) is 3.92. The number of anilines is 3. The molecule has 1 aliphatic rings. The van der Waals surface area contributed by atoms with Gasteiger partial charge < -0.3 is 10.2 Å². The topological polar surface area (TPSA) is 35.6 Å². The minimum atomic E-state index is -0.366. The van der Waals surface area contributed by atoms with E-state index in [0.717, 1.165) is 11.3 Å². The van der Waals surface area contributed by atoms with E-state index in [9.17, 15) is 13.6 Å². The van der Waals surface area contributed by atoms with Crippen molar-refractivity contribution in [2.45, 2.75) is 6.04 Å². The van der Waals surface area contributed by atoms with Crippen LogP contribution in [0.4, 0.5) is 25.8 Å². The Morgan fingerprint density at radius 3 is 1.97 bits per heavy atom. The molecule has 1 aliphatic heterocycles. The second kappa shape index (κ2) is 7.99. The molecule has 0 radical (unpaired) electrons. The summed E-state index contributed by atoms with van der Waals surface area (Å²) >= 11 is 0. The van der Waals surface area contributed by atoms with Gasteiger partial charge in [0.25, 0.3) is 5.91 Å². The molecular weight excluding hydrogens is 384 g/mol. The summed E-state index contributed by atoms with van der Waals surface area (Å²) in [6.45, 7) is 0. The fraction of sp³-hybridized carbons (Fsp3) is 0.125. The van der Waals surface area contributed by atoms with Gasteiger partial charge in [0.15, 0.2) is 0 Å². The third kappa shape index (κ3) is 3.89. The normalized spacial score (nSPS) is 15.9. The SMILES string of the molecule is CN(C)c1ccc(C2C=C(Nc3ccc(F)cc3)C(=O)N2c2ccc(F)cc2)cc1. The van der Waals surface area contributed by atoms with Gasteiger partial charge in [-0.3, -0.25) is 9.69 Å². The lowest BCUT2D eigenvalue weighted by Crippen LogP contribution is -2.30. The van der Waals surface area contributed by atoms with Crippen molar-refractivity contribution in [1.29, 1.82) is 0 Å². The highest BCUT2D eigenvalue weighted by Gasteiger charge is 2.34.